The van der Waals surface area contributed by atoms with Crippen LogP contribution >= 0.6 is 11.8 Å². The Morgan fingerprint density at radius 1 is 1.02 bits per heavy atom. The average Bonchev–Trinajstić information content (AvgIpc) is 3.29. The number of nitrogens with zero attached hydrogens (tertiary/aromatic N) is 3. The highest BCUT2D eigenvalue weighted by molar-refractivity contribution is 8.18. The maximum absolute atomic E-state index is 13.4. The third-order valence-electron chi connectivity index (χ3n) is 6.47. The van der Waals surface area contributed by atoms with E-state index >= 15 is 0 Å². The molecule has 0 bridgehead atoms. The molecule has 0 spiro atoms. The topological polar surface area (TPSA) is 111 Å². The number of methoxy groups -OCH3 is 1. The van der Waals surface area contributed by atoms with Crippen LogP contribution in [-0.2, 0) is 16.1 Å². The second-order valence-electron chi connectivity index (χ2n) is 9.00. The summed E-state index contributed by atoms with van der Waals surface area (Å²) in [6, 6.07) is 24.5. The first-order chi connectivity index (χ1) is 19.9. The molecule has 4 aromatic rings. The van der Waals surface area contributed by atoms with Crippen molar-refractivity contribution in [3.63, 3.8) is 0 Å². The number of likely N-dealkylation sites (N-methyl/N-ethyl adjacent to an activating group) is 1. The van der Waals surface area contributed by atoms with Crippen LogP contribution in [0.4, 0.5) is 11.4 Å². The number of carbonyl (C=O) groups excluding carboxylic acids is 2. The molecule has 0 unspecified atom stereocenters. The van der Waals surface area contributed by atoms with E-state index in [4.69, 9.17) is 9.47 Å². The minimum Gasteiger partial charge on any atom is -0.488 e. The summed E-state index contributed by atoms with van der Waals surface area (Å²) < 4.78 is 10.9. The fourth-order valence-electron chi connectivity index (χ4n) is 4.33. The van der Waals surface area contributed by atoms with Gasteiger partial charge in [0, 0.05) is 24.2 Å². The Balaban J connectivity index is 1.47. The molecule has 9 nitrogen and oxygen atoms in total. The lowest BCUT2D eigenvalue weighted by Gasteiger charge is -2.13. The van der Waals surface area contributed by atoms with Crippen molar-refractivity contribution in [3.05, 3.63) is 117 Å². The Morgan fingerprint density at radius 2 is 1.76 bits per heavy atom. The number of hydrogen-bond donors (Lipinski definition) is 0. The van der Waals surface area contributed by atoms with E-state index in [9.17, 15) is 19.7 Å². The van der Waals surface area contributed by atoms with Crippen molar-refractivity contribution in [2.45, 2.75) is 13.5 Å². The first-order valence-electron chi connectivity index (χ1n) is 12.7. The Labute approximate surface area is 240 Å². The van der Waals surface area contributed by atoms with Gasteiger partial charge in [0.2, 0.25) is 0 Å². The van der Waals surface area contributed by atoms with Crippen LogP contribution in [0.1, 0.15) is 28.4 Å². The van der Waals surface area contributed by atoms with Gasteiger partial charge in [-0.3, -0.25) is 19.8 Å². The molecule has 0 atom stereocenters. The molecule has 1 heterocycles. The molecule has 1 amide bonds. The lowest BCUT2D eigenvalue weighted by molar-refractivity contribution is -0.384. The number of esters is 1. The molecule has 0 aromatic heterocycles. The van der Waals surface area contributed by atoms with Crippen molar-refractivity contribution in [1.29, 1.82) is 0 Å². The standard InChI is InChI=1S/C31H25N3O6S/c1-3-33-29(35)28(41-31(33)32-23-13-10-22(11-14-23)30(36)39-2)18-26-25-7-5-4-6-21(25)12-17-27(26)40-19-20-8-15-24(16-9-20)34(37)38/h4-18H,3,19H2,1-2H3/b28-18+,32-31?. The van der Waals surface area contributed by atoms with E-state index < -0.39 is 10.9 Å². The molecule has 5 rings (SSSR count). The summed E-state index contributed by atoms with van der Waals surface area (Å²) in [6.07, 6.45) is 1.83. The van der Waals surface area contributed by atoms with Gasteiger partial charge in [-0.25, -0.2) is 9.79 Å². The number of fused-ring (bicyclic) bond motifs is 1. The smallest absolute Gasteiger partial charge is 0.337 e. The Morgan fingerprint density at radius 3 is 2.44 bits per heavy atom. The molecule has 10 heteroatoms. The number of amidine groups is 1. The molecule has 206 valence electrons. The summed E-state index contributed by atoms with van der Waals surface area (Å²) in [6.45, 7) is 2.51. The minimum atomic E-state index is -0.441. The minimum absolute atomic E-state index is 0.0130. The predicted molar refractivity (Wildman–Crippen MR) is 159 cm³/mol. The zero-order chi connectivity index (χ0) is 28.9. The van der Waals surface area contributed by atoms with Crippen LogP contribution in [0.25, 0.3) is 16.8 Å². The fourth-order valence-corrected chi connectivity index (χ4v) is 5.37. The van der Waals surface area contributed by atoms with E-state index in [2.05, 4.69) is 4.99 Å². The van der Waals surface area contributed by atoms with Gasteiger partial charge in [0.05, 0.1) is 28.2 Å². The third kappa shape index (κ3) is 5.97. The molecular formula is C31H25N3O6S. The summed E-state index contributed by atoms with van der Waals surface area (Å²) in [4.78, 5) is 42.5. The van der Waals surface area contributed by atoms with Crippen molar-refractivity contribution < 1.29 is 24.0 Å². The molecular weight excluding hydrogens is 542 g/mol. The molecule has 1 fully saturated rings. The van der Waals surface area contributed by atoms with Crippen molar-refractivity contribution in [2.75, 3.05) is 13.7 Å². The monoisotopic (exact) mass is 567 g/mol. The molecule has 0 aliphatic carbocycles. The number of aliphatic imine (C=N–C) groups is 1. The van der Waals surface area contributed by atoms with E-state index in [0.29, 0.717) is 33.6 Å². The number of amides is 1. The number of benzene rings is 4. The molecule has 4 aromatic carbocycles. The number of thioether (sulfide) groups is 1. The van der Waals surface area contributed by atoms with E-state index in [-0.39, 0.29) is 18.2 Å². The number of nitro benzene ring substituents is 1. The first kappa shape index (κ1) is 27.6. The summed E-state index contributed by atoms with van der Waals surface area (Å²) in [5, 5.41) is 13.4. The lowest BCUT2D eigenvalue weighted by atomic mass is 10.0. The molecule has 1 aliphatic heterocycles. The highest BCUT2D eigenvalue weighted by Crippen LogP contribution is 2.38. The molecule has 0 N–H and O–H groups in total. The van der Waals surface area contributed by atoms with Crippen LogP contribution in [-0.4, -0.2) is 40.5 Å². The van der Waals surface area contributed by atoms with Gasteiger partial charge in [-0.15, -0.1) is 0 Å². The SMILES string of the molecule is CCN1C(=O)/C(=C\c2c(OCc3ccc([N+](=O)[O-])cc3)ccc3ccccc23)SC1=Nc1ccc(C(=O)OC)cc1. The second kappa shape index (κ2) is 12.1. The normalized spacial score (nSPS) is 15.1. The zero-order valence-electron chi connectivity index (χ0n) is 22.3. The van der Waals surface area contributed by atoms with Gasteiger partial charge in [0.1, 0.15) is 12.4 Å². The number of nitro groups is 1. The molecule has 0 radical (unpaired) electrons. The quantitative estimate of drug-likeness (QED) is 0.100. The van der Waals surface area contributed by atoms with Crippen LogP contribution in [0, 0.1) is 10.1 Å². The number of rotatable bonds is 8. The number of carbonyl (C=O) groups is 2. The van der Waals surface area contributed by atoms with E-state index in [0.717, 1.165) is 21.9 Å². The Kier molecular flexibility index (Phi) is 8.11. The molecule has 0 saturated carbocycles. The van der Waals surface area contributed by atoms with Crippen molar-refractivity contribution in [3.8, 4) is 5.75 Å². The van der Waals surface area contributed by atoms with Gasteiger partial charge in [0.25, 0.3) is 11.6 Å². The third-order valence-corrected chi connectivity index (χ3v) is 7.47. The van der Waals surface area contributed by atoms with Crippen molar-refractivity contribution >= 4 is 57.0 Å². The number of ether oxygens (including phenoxy) is 2. The van der Waals surface area contributed by atoms with Gasteiger partial charge in [0.15, 0.2) is 5.17 Å². The van der Waals surface area contributed by atoms with Gasteiger partial charge < -0.3 is 9.47 Å². The van der Waals surface area contributed by atoms with Gasteiger partial charge >= 0.3 is 5.97 Å². The average molecular weight is 568 g/mol. The molecule has 1 aliphatic rings. The lowest BCUT2D eigenvalue weighted by Crippen LogP contribution is -2.28. The van der Waals surface area contributed by atoms with Crippen LogP contribution in [0.3, 0.4) is 0 Å². The zero-order valence-corrected chi connectivity index (χ0v) is 23.1. The highest BCUT2D eigenvalue weighted by Gasteiger charge is 2.32. The van der Waals surface area contributed by atoms with E-state index in [1.54, 1.807) is 41.3 Å². The fraction of sp³-hybridized carbons (Fsp3) is 0.129. The van der Waals surface area contributed by atoms with Gasteiger partial charge in [-0.2, -0.15) is 0 Å². The summed E-state index contributed by atoms with van der Waals surface area (Å²) in [5.41, 5.74) is 2.56. The highest BCUT2D eigenvalue weighted by atomic mass is 32.2. The van der Waals surface area contributed by atoms with Gasteiger partial charge in [-0.05, 0) is 83.6 Å². The maximum atomic E-state index is 13.4. The van der Waals surface area contributed by atoms with E-state index in [1.165, 1.54) is 31.0 Å². The van der Waals surface area contributed by atoms with Crippen LogP contribution in [0.5, 0.6) is 5.75 Å². The second-order valence-corrected chi connectivity index (χ2v) is 10.0. The molecule has 41 heavy (non-hydrogen) atoms. The van der Waals surface area contributed by atoms with E-state index in [1.807, 2.05) is 49.4 Å². The Bertz CT molecular complexity index is 1700. The van der Waals surface area contributed by atoms with Crippen LogP contribution < -0.4 is 4.74 Å². The summed E-state index contributed by atoms with van der Waals surface area (Å²) in [7, 11) is 1.33. The van der Waals surface area contributed by atoms with Gasteiger partial charge in [-0.1, -0.05) is 30.3 Å². The van der Waals surface area contributed by atoms with Crippen molar-refractivity contribution in [1.82, 2.24) is 4.90 Å². The Hall–Kier alpha value is -4.96. The summed E-state index contributed by atoms with van der Waals surface area (Å²) in [5.74, 6) is -0.0248. The number of non-ortho nitro benzene ring substituents is 1. The number of hydrogen-bond acceptors (Lipinski definition) is 8. The largest absolute Gasteiger partial charge is 0.488 e. The van der Waals surface area contributed by atoms with Crippen molar-refractivity contribution in [2.24, 2.45) is 4.99 Å². The maximum Gasteiger partial charge on any atom is 0.337 e. The first-order valence-corrected chi connectivity index (χ1v) is 13.6. The predicted octanol–water partition coefficient (Wildman–Crippen LogP) is 6.74. The van der Waals surface area contributed by atoms with Crippen LogP contribution in [0.15, 0.2) is 94.8 Å². The van der Waals surface area contributed by atoms with Crippen LogP contribution in [0.2, 0.25) is 0 Å². The summed E-state index contributed by atoms with van der Waals surface area (Å²) >= 11 is 1.27. The molecule has 1 saturated heterocycles.